The monoisotopic (exact) mass is 604 g/mol. The van der Waals surface area contributed by atoms with Crippen molar-refractivity contribution in [3.8, 4) is 11.5 Å². The van der Waals surface area contributed by atoms with Gasteiger partial charge in [-0.2, -0.15) is 0 Å². The third-order valence-corrected chi connectivity index (χ3v) is 7.43. The highest BCUT2D eigenvalue weighted by molar-refractivity contribution is 5.94. The van der Waals surface area contributed by atoms with Crippen molar-refractivity contribution in [1.82, 2.24) is 14.5 Å². The Morgan fingerprint density at radius 3 is 2.14 bits per heavy atom. The van der Waals surface area contributed by atoms with Gasteiger partial charge in [-0.25, -0.2) is 9.37 Å². The van der Waals surface area contributed by atoms with Crippen LogP contribution in [0.15, 0.2) is 97.1 Å². The SMILES string of the molecule is O=C(c1ccccc1)N1CCN(c2cc3c(cc2F)nc(COc2ccccc2)n3Cc2ccc(OC(F)(F)F)cc2)CC1. The number of aromatic nitrogens is 2. The van der Waals surface area contributed by atoms with Gasteiger partial charge < -0.3 is 23.8 Å². The van der Waals surface area contributed by atoms with Gasteiger partial charge in [-0.15, -0.1) is 13.2 Å². The van der Waals surface area contributed by atoms with Gasteiger partial charge in [0.25, 0.3) is 5.91 Å². The van der Waals surface area contributed by atoms with Crippen LogP contribution in [-0.2, 0) is 13.2 Å². The van der Waals surface area contributed by atoms with Crippen LogP contribution in [0.5, 0.6) is 11.5 Å². The minimum absolute atomic E-state index is 0.0611. The number of ether oxygens (including phenoxy) is 2. The third-order valence-electron chi connectivity index (χ3n) is 7.43. The highest BCUT2D eigenvalue weighted by Gasteiger charge is 2.31. The van der Waals surface area contributed by atoms with Gasteiger partial charge in [0.05, 0.1) is 16.7 Å². The van der Waals surface area contributed by atoms with E-state index >= 15 is 4.39 Å². The number of benzene rings is 4. The number of imidazole rings is 1. The van der Waals surface area contributed by atoms with Crippen LogP contribution >= 0.6 is 0 Å². The second-order valence-electron chi connectivity index (χ2n) is 10.3. The molecule has 1 amide bonds. The van der Waals surface area contributed by atoms with Gasteiger partial charge >= 0.3 is 6.36 Å². The molecule has 2 heterocycles. The Hall–Kier alpha value is -5.06. The highest BCUT2D eigenvalue weighted by atomic mass is 19.4. The molecule has 0 spiro atoms. The van der Waals surface area contributed by atoms with E-state index < -0.39 is 12.2 Å². The first-order valence-corrected chi connectivity index (χ1v) is 14.0. The topological polar surface area (TPSA) is 59.8 Å². The molecule has 0 saturated carbocycles. The normalized spacial score (nSPS) is 13.7. The van der Waals surface area contributed by atoms with E-state index in [9.17, 15) is 18.0 Å². The van der Waals surface area contributed by atoms with Crippen molar-refractivity contribution in [3.05, 3.63) is 120 Å². The molecule has 0 aliphatic carbocycles. The minimum atomic E-state index is -4.79. The molecule has 0 atom stereocenters. The highest BCUT2D eigenvalue weighted by Crippen LogP contribution is 2.30. The summed E-state index contributed by atoms with van der Waals surface area (Å²) in [6.07, 6.45) is -4.79. The van der Waals surface area contributed by atoms with Gasteiger partial charge in [-0.3, -0.25) is 4.79 Å². The lowest BCUT2D eigenvalue weighted by Gasteiger charge is -2.36. The Labute approximate surface area is 250 Å². The van der Waals surface area contributed by atoms with Crippen molar-refractivity contribution in [2.75, 3.05) is 31.1 Å². The number of carbonyl (C=O) groups excluding carboxylic acids is 1. The molecule has 44 heavy (non-hydrogen) atoms. The molecule has 0 unspecified atom stereocenters. The number of alkyl halides is 3. The molecule has 6 rings (SSSR count). The summed E-state index contributed by atoms with van der Waals surface area (Å²) < 4.78 is 65.3. The fraction of sp³-hybridized carbons (Fsp3) is 0.212. The van der Waals surface area contributed by atoms with Gasteiger partial charge in [0, 0.05) is 44.4 Å². The van der Waals surface area contributed by atoms with Crippen molar-refractivity contribution < 1.29 is 31.8 Å². The van der Waals surface area contributed by atoms with Gasteiger partial charge in [0.2, 0.25) is 0 Å². The van der Waals surface area contributed by atoms with Gasteiger partial charge in [0.1, 0.15) is 29.7 Å². The van der Waals surface area contributed by atoms with Crippen LogP contribution in [0, 0.1) is 5.82 Å². The quantitative estimate of drug-likeness (QED) is 0.185. The van der Waals surface area contributed by atoms with E-state index in [1.54, 1.807) is 35.2 Å². The van der Waals surface area contributed by atoms with E-state index in [4.69, 9.17) is 4.74 Å². The lowest BCUT2D eigenvalue weighted by atomic mass is 10.1. The lowest BCUT2D eigenvalue weighted by Crippen LogP contribution is -2.49. The van der Waals surface area contributed by atoms with Gasteiger partial charge in [-0.05, 0) is 48.0 Å². The van der Waals surface area contributed by atoms with E-state index in [0.717, 1.165) is 0 Å². The zero-order valence-corrected chi connectivity index (χ0v) is 23.5. The predicted molar refractivity (Wildman–Crippen MR) is 157 cm³/mol. The van der Waals surface area contributed by atoms with Crippen molar-refractivity contribution in [2.45, 2.75) is 19.5 Å². The fourth-order valence-electron chi connectivity index (χ4n) is 5.27. The summed E-state index contributed by atoms with van der Waals surface area (Å²) in [7, 11) is 0. The molecule has 0 bridgehead atoms. The molecule has 4 aromatic carbocycles. The molecule has 1 fully saturated rings. The molecular formula is C33H28F4N4O3. The summed E-state index contributed by atoms with van der Waals surface area (Å²) in [6, 6.07) is 26.9. The summed E-state index contributed by atoms with van der Waals surface area (Å²) in [4.78, 5) is 21.2. The molecule has 0 N–H and O–H groups in total. The van der Waals surface area contributed by atoms with Crippen LogP contribution in [0.3, 0.4) is 0 Å². The zero-order valence-electron chi connectivity index (χ0n) is 23.5. The largest absolute Gasteiger partial charge is 0.573 e. The Morgan fingerprint density at radius 1 is 0.818 bits per heavy atom. The Balaban J connectivity index is 1.27. The second-order valence-corrected chi connectivity index (χ2v) is 10.3. The maximum atomic E-state index is 15.5. The number of piperazine rings is 1. The zero-order chi connectivity index (χ0) is 30.7. The number of hydrogen-bond acceptors (Lipinski definition) is 5. The van der Waals surface area contributed by atoms with Crippen molar-refractivity contribution in [3.63, 3.8) is 0 Å². The minimum Gasteiger partial charge on any atom is -0.486 e. The second kappa shape index (κ2) is 12.3. The molecule has 0 radical (unpaired) electrons. The van der Waals surface area contributed by atoms with E-state index in [1.165, 1.54) is 18.2 Å². The van der Waals surface area contributed by atoms with E-state index in [0.29, 0.717) is 65.6 Å². The first kappa shape index (κ1) is 29.0. The molecule has 11 heteroatoms. The van der Waals surface area contributed by atoms with Crippen LogP contribution in [0.1, 0.15) is 21.7 Å². The Kier molecular flexibility index (Phi) is 8.10. The number of amides is 1. The van der Waals surface area contributed by atoms with Crippen LogP contribution < -0.4 is 14.4 Å². The maximum Gasteiger partial charge on any atom is 0.573 e. The van der Waals surface area contributed by atoms with E-state index in [-0.39, 0.29) is 24.8 Å². The standard InChI is InChI=1S/C33H28F4N4O3/c34-27-19-28-30(20-29(27)39-15-17-40(18-16-39)32(42)24-7-3-1-4-8-24)41(31(38-28)22-43-25-9-5-2-6-10-25)21-23-11-13-26(14-12-23)44-33(35,36)37/h1-14,19-20H,15-18,21-22H2. The third kappa shape index (κ3) is 6.61. The van der Waals surface area contributed by atoms with Crippen molar-refractivity contribution in [1.29, 1.82) is 0 Å². The summed E-state index contributed by atoms with van der Waals surface area (Å²) in [5.74, 6) is 0.339. The average molecular weight is 605 g/mol. The molecule has 226 valence electrons. The van der Waals surface area contributed by atoms with E-state index in [2.05, 4.69) is 9.72 Å². The first-order valence-electron chi connectivity index (χ1n) is 14.0. The number of hydrogen-bond donors (Lipinski definition) is 0. The summed E-state index contributed by atoms with van der Waals surface area (Å²) in [5.41, 5.74) is 2.76. The van der Waals surface area contributed by atoms with Gasteiger partial charge in [0.15, 0.2) is 0 Å². The first-order chi connectivity index (χ1) is 21.2. The fourth-order valence-corrected chi connectivity index (χ4v) is 5.27. The number of para-hydroxylation sites is 1. The lowest BCUT2D eigenvalue weighted by molar-refractivity contribution is -0.274. The van der Waals surface area contributed by atoms with Crippen molar-refractivity contribution in [2.24, 2.45) is 0 Å². The molecule has 1 saturated heterocycles. The average Bonchev–Trinajstić information content (AvgIpc) is 3.36. The molecule has 1 aliphatic heterocycles. The number of rotatable bonds is 8. The van der Waals surface area contributed by atoms with Crippen LogP contribution in [0.4, 0.5) is 23.2 Å². The smallest absolute Gasteiger partial charge is 0.486 e. The Bertz CT molecular complexity index is 1740. The molecule has 5 aromatic rings. The Morgan fingerprint density at radius 2 is 1.48 bits per heavy atom. The summed E-state index contributed by atoms with van der Waals surface area (Å²) in [6.45, 7) is 2.10. The van der Waals surface area contributed by atoms with Crippen LogP contribution in [-0.4, -0.2) is 52.9 Å². The molecule has 1 aliphatic rings. The molecule has 7 nitrogen and oxygen atoms in total. The number of fused-ring (bicyclic) bond motifs is 1. The van der Waals surface area contributed by atoms with Crippen LogP contribution in [0.25, 0.3) is 11.0 Å². The number of carbonyl (C=O) groups is 1. The van der Waals surface area contributed by atoms with E-state index in [1.807, 2.05) is 58.0 Å². The van der Waals surface area contributed by atoms with Crippen LogP contribution in [0.2, 0.25) is 0 Å². The van der Waals surface area contributed by atoms with Gasteiger partial charge in [-0.1, -0.05) is 48.5 Å². The number of halogens is 4. The van der Waals surface area contributed by atoms with Crippen molar-refractivity contribution >= 4 is 22.6 Å². The number of anilines is 1. The maximum absolute atomic E-state index is 15.5. The molecule has 1 aromatic heterocycles. The summed E-state index contributed by atoms with van der Waals surface area (Å²) >= 11 is 0. The number of nitrogens with zero attached hydrogens (tertiary/aromatic N) is 4. The predicted octanol–water partition coefficient (Wildman–Crippen LogP) is 6.66. The molecular weight excluding hydrogens is 576 g/mol. The summed E-state index contributed by atoms with van der Waals surface area (Å²) in [5, 5.41) is 0.